The Kier molecular flexibility index (Phi) is 6.97. The number of nitrogens with zero attached hydrogens (tertiary/aromatic N) is 4. The van der Waals surface area contributed by atoms with Crippen molar-refractivity contribution >= 4 is 43.2 Å². The number of hydrogen-bond acceptors (Lipinski definition) is 5. The fraction of sp³-hybridized carbons (Fsp3) is 0.222. The summed E-state index contributed by atoms with van der Waals surface area (Å²) >= 11 is 0. The molecule has 0 atom stereocenters. The van der Waals surface area contributed by atoms with Gasteiger partial charge in [0.1, 0.15) is 39.4 Å². The van der Waals surface area contributed by atoms with Crippen molar-refractivity contribution in [2.24, 2.45) is 14.1 Å². The van der Waals surface area contributed by atoms with Crippen molar-refractivity contribution in [2.75, 3.05) is 19.0 Å². The molecule has 0 saturated heterocycles. The molecule has 8 nitrogen and oxygen atoms in total. The number of para-hydroxylation sites is 2. The van der Waals surface area contributed by atoms with E-state index in [1.807, 2.05) is 64.6 Å². The monoisotopic (exact) mass is 786 g/mol. The molecule has 2 aromatic heterocycles. The zero-order valence-corrected chi connectivity index (χ0v) is 33.3. The van der Waals surface area contributed by atoms with Crippen LogP contribution >= 0.6 is 0 Å². The van der Waals surface area contributed by atoms with Crippen molar-refractivity contribution in [1.82, 2.24) is 13.7 Å². The molecule has 12 heteroatoms. The molecule has 0 bridgehead atoms. The van der Waals surface area contributed by atoms with Gasteiger partial charge in [-0.1, -0.05) is 36.4 Å². The van der Waals surface area contributed by atoms with Crippen LogP contribution in [0.1, 0.15) is 49.9 Å². The van der Waals surface area contributed by atoms with Crippen molar-refractivity contribution in [2.45, 2.75) is 43.7 Å². The second-order valence-corrected chi connectivity index (χ2v) is 17.7. The van der Waals surface area contributed by atoms with Crippen LogP contribution in [0.5, 0.6) is 11.5 Å². The maximum atomic E-state index is 16.6. The van der Waals surface area contributed by atoms with E-state index < -0.39 is 49.1 Å². The first-order chi connectivity index (χ1) is 26.9. The topological polar surface area (TPSA) is 82.5 Å². The average molecular weight is 787 g/mol. The Labute approximate surface area is 326 Å². The summed E-state index contributed by atoms with van der Waals surface area (Å²) in [5, 5.41) is 2.99. The van der Waals surface area contributed by atoms with Gasteiger partial charge in [0.05, 0.1) is 39.8 Å². The van der Waals surface area contributed by atoms with E-state index in [1.54, 1.807) is 24.3 Å². The molecule has 288 valence electrons. The number of rotatable bonds is 2. The smallest absolute Gasteiger partial charge is 0.213 e. The molecule has 5 aromatic carbocycles. The van der Waals surface area contributed by atoms with Gasteiger partial charge < -0.3 is 23.3 Å². The van der Waals surface area contributed by atoms with Crippen LogP contribution in [-0.4, -0.2) is 36.2 Å². The highest BCUT2D eigenvalue weighted by Crippen LogP contribution is 2.54. The molecular formula is C45H37F3N4O4S. The standard InChI is InChI=1S/C45H37F3N4O4S/c1-44(2)38-22-13-9-11-15-30(22)49(5)41(38)24-17-26-34(20-32(24)51(44)7)56-35-21-33-25(42-39(45(3,4)52(33)8)23-14-10-12-16-31(23)50(42)6)18-27(35)36(26)37-40(48)28(46)19-29(47)43(37)57(53,54)55/h9-21H,1-8H3. The van der Waals surface area contributed by atoms with E-state index in [2.05, 4.69) is 58.4 Å². The summed E-state index contributed by atoms with van der Waals surface area (Å²) in [7, 11) is 2.14. The average Bonchev–Trinajstić information content (AvgIpc) is 3.64. The van der Waals surface area contributed by atoms with Crippen LogP contribution in [0.3, 0.4) is 0 Å². The van der Waals surface area contributed by atoms with Gasteiger partial charge in [-0.2, -0.15) is 0 Å². The molecule has 0 fully saturated rings. The second-order valence-electron chi connectivity index (χ2n) is 16.4. The van der Waals surface area contributed by atoms with Crippen LogP contribution in [0.25, 0.3) is 49.9 Å². The lowest BCUT2D eigenvalue weighted by Gasteiger charge is -2.44. The molecule has 3 aliphatic rings. The van der Waals surface area contributed by atoms with Crippen LogP contribution < -0.4 is 24.8 Å². The lowest BCUT2D eigenvalue weighted by Crippen LogP contribution is -2.46. The molecule has 0 N–H and O–H groups in total. The van der Waals surface area contributed by atoms with Gasteiger partial charge in [0.15, 0.2) is 17.2 Å². The molecule has 10 rings (SSSR count). The maximum Gasteiger partial charge on any atom is 0.213 e. The lowest BCUT2D eigenvalue weighted by atomic mass is 9.81. The molecule has 7 aromatic rings. The molecule has 0 saturated carbocycles. The minimum absolute atomic E-state index is 0.0999. The Morgan fingerprint density at radius 3 is 1.95 bits per heavy atom. The van der Waals surface area contributed by atoms with Gasteiger partial charge in [0, 0.05) is 102 Å². The van der Waals surface area contributed by atoms with Crippen LogP contribution in [0.4, 0.5) is 18.9 Å². The van der Waals surface area contributed by atoms with Gasteiger partial charge in [0.2, 0.25) is 5.36 Å². The molecule has 0 spiro atoms. The molecule has 57 heavy (non-hydrogen) atoms. The predicted octanol–water partition coefficient (Wildman–Crippen LogP) is 7.73. The number of aryl methyl sites for hydroxylation is 2. The Morgan fingerprint density at radius 1 is 0.719 bits per heavy atom. The highest BCUT2D eigenvalue weighted by atomic mass is 32.2. The van der Waals surface area contributed by atoms with Gasteiger partial charge in [-0.3, -0.25) is 0 Å². The summed E-state index contributed by atoms with van der Waals surface area (Å²) in [6, 6.07) is 23.2. The van der Waals surface area contributed by atoms with Crippen LogP contribution in [0.15, 0.2) is 83.8 Å². The summed E-state index contributed by atoms with van der Waals surface area (Å²) in [6.45, 7) is 8.48. The number of ether oxygens (including phenoxy) is 1. The Balaban J connectivity index is 1.41. The summed E-state index contributed by atoms with van der Waals surface area (Å²) in [5.41, 5.74) is 5.85. The van der Waals surface area contributed by atoms with Crippen LogP contribution in [0.2, 0.25) is 0 Å². The third kappa shape index (κ3) is 4.42. The number of anilines is 1. The lowest BCUT2D eigenvalue weighted by molar-refractivity contribution is 0.369. The summed E-state index contributed by atoms with van der Waals surface area (Å²) in [6.07, 6.45) is 0. The third-order valence-electron chi connectivity index (χ3n) is 12.9. The number of benzene rings is 5. The normalized spacial score (nSPS) is 16.2. The quantitative estimate of drug-likeness (QED) is 0.102. The van der Waals surface area contributed by atoms with E-state index in [0.29, 0.717) is 11.1 Å². The first kappa shape index (κ1) is 35.6. The fourth-order valence-electron chi connectivity index (χ4n) is 9.80. The second kappa shape index (κ2) is 11.2. The first-order valence-electron chi connectivity index (χ1n) is 18.5. The largest absolute Gasteiger partial charge is 0.744 e. The number of hydrogen-bond donors (Lipinski definition) is 0. The predicted molar refractivity (Wildman–Crippen MR) is 214 cm³/mol. The molecule has 0 unspecified atom stereocenters. The number of fused-ring (bicyclic) bond motifs is 12. The van der Waals surface area contributed by atoms with Crippen molar-refractivity contribution < 1.29 is 30.9 Å². The third-order valence-corrected chi connectivity index (χ3v) is 13.8. The van der Waals surface area contributed by atoms with Crippen molar-refractivity contribution in [3.63, 3.8) is 0 Å². The Morgan fingerprint density at radius 2 is 1.32 bits per heavy atom. The highest BCUT2D eigenvalue weighted by molar-refractivity contribution is 7.85. The maximum absolute atomic E-state index is 16.6. The van der Waals surface area contributed by atoms with Crippen LogP contribution in [0, 0.1) is 17.5 Å². The van der Waals surface area contributed by atoms with Crippen LogP contribution in [-0.2, 0) is 35.3 Å². The number of aromatic nitrogens is 2. The van der Waals surface area contributed by atoms with E-state index in [1.165, 1.54) is 0 Å². The minimum Gasteiger partial charge on any atom is -0.744 e. The van der Waals surface area contributed by atoms with Gasteiger partial charge in [0.25, 0.3) is 0 Å². The highest BCUT2D eigenvalue weighted by Gasteiger charge is 2.44. The SMILES string of the molecule is CN1c2cc3c(cc2-c2c(c4ccccc4n2C)C1(C)C)C(c1c(F)c(F)cc(F)c1S(=O)(=O)[O-])=c1cc2c(cc1O3)=[N+](C)C(C)(C)c1c-2n(C)c2ccccc12. The van der Waals surface area contributed by atoms with Gasteiger partial charge in [-0.15, -0.1) is 0 Å². The zero-order chi connectivity index (χ0) is 40.4. The van der Waals surface area contributed by atoms with E-state index >= 15 is 13.2 Å². The Bertz CT molecular complexity index is 3290. The Hall–Kier alpha value is -5.85. The van der Waals surface area contributed by atoms with E-state index in [0.717, 1.165) is 55.4 Å². The van der Waals surface area contributed by atoms with E-state index in [9.17, 15) is 13.0 Å². The molecule has 5 heterocycles. The van der Waals surface area contributed by atoms with E-state index in [-0.39, 0.29) is 33.9 Å². The first-order valence-corrected chi connectivity index (χ1v) is 20.0. The van der Waals surface area contributed by atoms with Crippen molar-refractivity contribution in [1.29, 1.82) is 0 Å². The summed E-state index contributed by atoms with van der Waals surface area (Å²) in [5.74, 6) is -4.60. The van der Waals surface area contributed by atoms with Crippen molar-refractivity contribution in [3.8, 4) is 34.0 Å². The molecular weight excluding hydrogens is 750 g/mol. The summed E-state index contributed by atoms with van der Waals surface area (Å²) in [4.78, 5) is 0.647. The molecule has 0 radical (unpaired) electrons. The van der Waals surface area contributed by atoms with Gasteiger partial charge >= 0.3 is 0 Å². The molecule has 0 amide bonds. The molecule has 3 aliphatic heterocycles. The zero-order valence-electron chi connectivity index (χ0n) is 32.5. The van der Waals surface area contributed by atoms with E-state index in [4.69, 9.17) is 4.74 Å². The van der Waals surface area contributed by atoms with Crippen molar-refractivity contribution in [3.05, 3.63) is 129 Å². The molecule has 0 aliphatic carbocycles. The fourth-order valence-corrected chi connectivity index (χ4v) is 10.5. The minimum atomic E-state index is -5.70. The number of halogens is 3. The van der Waals surface area contributed by atoms with Gasteiger partial charge in [-0.25, -0.2) is 26.2 Å². The van der Waals surface area contributed by atoms with Gasteiger partial charge in [-0.05, 0) is 38.1 Å². The summed E-state index contributed by atoms with van der Waals surface area (Å²) < 4.78 is 99.8.